The summed E-state index contributed by atoms with van der Waals surface area (Å²) in [5, 5.41) is 3.14. The average molecular weight is 250 g/mol. The number of carbonyl (C=O) groups is 1. The van der Waals surface area contributed by atoms with Crippen LogP contribution in [0.5, 0.6) is 0 Å². The van der Waals surface area contributed by atoms with Crippen molar-refractivity contribution in [3.8, 4) is 0 Å². The third-order valence-corrected chi connectivity index (χ3v) is 5.57. The first-order valence-corrected chi connectivity index (χ1v) is 7.46. The van der Waals surface area contributed by atoms with Crippen LogP contribution in [0.3, 0.4) is 0 Å². The van der Waals surface area contributed by atoms with Crippen molar-refractivity contribution in [2.45, 2.75) is 58.4 Å². The first kappa shape index (κ1) is 12.5. The molecule has 0 aromatic rings. The summed E-state index contributed by atoms with van der Waals surface area (Å²) in [5.41, 5.74) is 6.01. The molecule has 18 heavy (non-hydrogen) atoms. The highest BCUT2D eigenvalue weighted by atomic mass is 16.2. The Morgan fingerprint density at radius 1 is 1.33 bits per heavy atom. The van der Waals surface area contributed by atoms with E-state index in [1.165, 1.54) is 19.3 Å². The first-order chi connectivity index (χ1) is 8.45. The summed E-state index contributed by atoms with van der Waals surface area (Å²) in [7, 11) is 0. The Morgan fingerprint density at radius 3 is 2.44 bits per heavy atom. The number of nitrogens with two attached hydrogens (primary N) is 1. The van der Waals surface area contributed by atoms with Gasteiger partial charge in [0.1, 0.15) is 0 Å². The van der Waals surface area contributed by atoms with Crippen LogP contribution in [0.2, 0.25) is 0 Å². The van der Waals surface area contributed by atoms with Crippen molar-refractivity contribution in [2.24, 2.45) is 28.4 Å². The van der Waals surface area contributed by atoms with E-state index in [1.54, 1.807) is 0 Å². The fourth-order valence-corrected chi connectivity index (χ4v) is 5.42. The second-order valence-corrected chi connectivity index (χ2v) is 7.66. The van der Waals surface area contributed by atoms with E-state index in [9.17, 15) is 4.79 Å². The van der Waals surface area contributed by atoms with Gasteiger partial charge in [-0.1, -0.05) is 6.92 Å². The average Bonchev–Trinajstić information content (AvgIpc) is 2.25. The Kier molecular flexibility index (Phi) is 2.74. The standard InChI is InChI=1S/C15H26N2O/c1-10(8-16)17-13(18)15-6-11-3-12(7-15)5-14(2,4-11)9-15/h10-12H,3-9,16H2,1-2H3,(H,17,18). The molecule has 4 saturated carbocycles. The van der Waals surface area contributed by atoms with Crippen molar-refractivity contribution in [2.75, 3.05) is 6.54 Å². The maximum atomic E-state index is 12.6. The Bertz CT molecular complexity index is 352. The zero-order valence-corrected chi connectivity index (χ0v) is 11.7. The van der Waals surface area contributed by atoms with E-state index in [0.717, 1.165) is 31.1 Å². The van der Waals surface area contributed by atoms with Crippen LogP contribution in [0.25, 0.3) is 0 Å². The van der Waals surface area contributed by atoms with E-state index in [-0.39, 0.29) is 11.5 Å². The third kappa shape index (κ3) is 1.87. The van der Waals surface area contributed by atoms with E-state index in [0.29, 0.717) is 17.9 Å². The lowest BCUT2D eigenvalue weighted by Gasteiger charge is -2.60. The smallest absolute Gasteiger partial charge is 0.226 e. The van der Waals surface area contributed by atoms with Gasteiger partial charge in [-0.25, -0.2) is 0 Å². The molecule has 4 rings (SSSR count). The van der Waals surface area contributed by atoms with Gasteiger partial charge in [-0.3, -0.25) is 4.79 Å². The molecule has 0 aromatic heterocycles. The molecule has 0 saturated heterocycles. The second kappa shape index (κ2) is 3.96. The highest BCUT2D eigenvalue weighted by Crippen LogP contribution is 2.65. The van der Waals surface area contributed by atoms with Crippen LogP contribution < -0.4 is 11.1 Å². The number of amides is 1. The maximum absolute atomic E-state index is 12.6. The Balaban J connectivity index is 1.80. The van der Waals surface area contributed by atoms with Crippen molar-refractivity contribution in [1.82, 2.24) is 5.32 Å². The normalized spacial score (nSPS) is 47.1. The molecule has 4 aliphatic rings. The Hall–Kier alpha value is -0.570. The fourth-order valence-electron chi connectivity index (χ4n) is 5.42. The predicted molar refractivity (Wildman–Crippen MR) is 71.9 cm³/mol. The van der Waals surface area contributed by atoms with Gasteiger partial charge in [0.05, 0.1) is 5.41 Å². The molecule has 1 amide bonds. The van der Waals surface area contributed by atoms with E-state index >= 15 is 0 Å². The molecule has 4 fully saturated rings. The summed E-state index contributed by atoms with van der Waals surface area (Å²) in [5.74, 6) is 1.89. The molecule has 0 aromatic carbocycles. The lowest BCUT2D eigenvalue weighted by Crippen LogP contribution is -2.58. The van der Waals surface area contributed by atoms with Crippen LogP contribution >= 0.6 is 0 Å². The first-order valence-electron chi connectivity index (χ1n) is 7.46. The van der Waals surface area contributed by atoms with Crippen molar-refractivity contribution in [3.63, 3.8) is 0 Å². The van der Waals surface area contributed by atoms with Gasteiger partial charge in [-0.2, -0.15) is 0 Å². The van der Waals surface area contributed by atoms with Gasteiger partial charge in [0.15, 0.2) is 0 Å². The summed E-state index contributed by atoms with van der Waals surface area (Å²) in [6.07, 6.45) is 7.44. The summed E-state index contributed by atoms with van der Waals surface area (Å²) in [4.78, 5) is 12.6. The molecule has 102 valence electrons. The van der Waals surface area contributed by atoms with Gasteiger partial charge in [0.25, 0.3) is 0 Å². The summed E-state index contributed by atoms with van der Waals surface area (Å²) < 4.78 is 0. The van der Waals surface area contributed by atoms with Gasteiger partial charge in [0, 0.05) is 12.6 Å². The van der Waals surface area contributed by atoms with Gasteiger partial charge < -0.3 is 11.1 Å². The molecule has 0 radical (unpaired) electrons. The summed E-state index contributed by atoms with van der Waals surface area (Å²) in [6, 6.07) is 0.110. The zero-order chi connectivity index (χ0) is 13.0. The largest absolute Gasteiger partial charge is 0.352 e. The van der Waals surface area contributed by atoms with E-state index < -0.39 is 0 Å². The monoisotopic (exact) mass is 250 g/mol. The van der Waals surface area contributed by atoms with Crippen LogP contribution in [0.4, 0.5) is 0 Å². The summed E-state index contributed by atoms with van der Waals surface area (Å²) in [6.45, 7) is 4.94. The van der Waals surface area contributed by atoms with Crippen LogP contribution in [-0.2, 0) is 4.79 Å². The van der Waals surface area contributed by atoms with Crippen LogP contribution in [-0.4, -0.2) is 18.5 Å². The van der Waals surface area contributed by atoms with Gasteiger partial charge in [0.2, 0.25) is 5.91 Å². The number of nitrogens with one attached hydrogen (secondary N) is 1. The highest BCUT2D eigenvalue weighted by Gasteiger charge is 2.58. The maximum Gasteiger partial charge on any atom is 0.226 e. The third-order valence-electron chi connectivity index (χ3n) is 5.57. The number of carbonyl (C=O) groups excluding carboxylic acids is 1. The molecular formula is C15H26N2O. The number of hydrogen-bond acceptors (Lipinski definition) is 2. The number of hydrogen-bond donors (Lipinski definition) is 2. The fraction of sp³-hybridized carbons (Fsp3) is 0.933. The highest BCUT2D eigenvalue weighted by molar-refractivity contribution is 5.83. The topological polar surface area (TPSA) is 55.1 Å². The van der Waals surface area contributed by atoms with Crippen LogP contribution in [0.15, 0.2) is 0 Å². The van der Waals surface area contributed by atoms with Crippen molar-refractivity contribution < 1.29 is 4.79 Å². The van der Waals surface area contributed by atoms with Gasteiger partial charge >= 0.3 is 0 Å². The molecule has 3 N–H and O–H groups in total. The van der Waals surface area contributed by atoms with E-state index in [4.69, 9.17) is 5.73 Å². The molecule has 3 atom stereocenters. The van der Waals surface area contributed by atoms with Crippen molar-refractivity contribution >= 4 is 5.91 Å². The predicted octanol–water partition coefficient (Wildman–Crippen LogP) is 2.06. The van der Waals surface area contributed by atoms with E-state index in [2.05, 4.69) is 12.2 Å². The van der Waals surface area contributed by atoms with E-state index in [1.807, 2.05) is 6.92 Å². The minimum atomic E-state index is -0.0533. The van der Waals surface area contributed by atoms with Gasteiger partial charge in [-0.05, 0) is 62.7 Å². The SMILES string of the molecule is CC(CN)NC(=O)C12CC3CC(CC(C)(C3)C1)C2. The zero-order valence-electron chi connectivity index (χ0n) is 11.7. The minimum absolute atomic E-state index is 0.0533. The van der Waals surface area contributed by atoms with Gasteiger partial charge in [-0.15, -0.1) is 0 Å². The number of rotatable bonds is 3. The summed E-state index contributed by atoms with van der Waals surface area (Å²) >= 11 is 0. The second-order valence-electron chi connectivity index (χ2n) is 7.66. The minimum Gasteiger partial charge on any atom is -0.352 e. The Labute approximate surface area is 110 Å². The molecule has 4 bridgehead atoms. The molecule has 3 nitrogen and oxygen atoms in total. The molecule has 0 heterocycles. The van der Waals surface area contributed by atoms with Crippen molar-refractivity contribution in [1.29, 1.82) is 0 Å². The lowest BCUT2D eigenvalue weighted by molar-refractivity contribution is -0.155. The molecule has 3 unspecified atom stereocenters. The molecular weight excluding hydrogens is 224 g/mol. The molecule has 4 aliphatic carbocycles. The van der Waals surface area contributed by atoms with Crippen LogP contribution in [0, 0.1) is 22.7 Å². The van der Waals surface area contributed by atoms with Crippen LogP contribution in [0.1, 0.15) is 52.4 Å². The molecule has 0 aliphatic heterocycles. The quantitative estimate of drug-likeness (QED) is 0.805. The van der Waals surface area contributed by atoms with Crippen molar-refractivity contribution in [3.05, 3.63) is 0 Å². The molecule has 3 heteroatoms. The lowest BCUT2D eigenvalue weighted by atomic mass is 9.44. The Morgan fingerprint density at radius 2 is 1.94 bits per heavy atom. The molecule has 0 spiro atoms.